The van der Waals surface area contributed by atoms with Gasteiger partial charge in [-0.25, -0.2) is 4.39 Å². The lowest BCUT2D eigenvalue weighted by molar-refractivity contribution is 0.268. The number of hydrogen-bond donors (Lipinski definition) is 2. The summed E-state index contributed by atoms with van der Waals surface area (Å²) in [6.07, 6.45) is 5.20. The van der Waals surface area contributed by atoms with Crippen LogP contribution in [-0.2, 0) is 0 Å². The van der Waals surface area contributed by atoms with E-state index in [1.165, 1.54) is 31.7 Å². The average molecular weight is 236 g/mol. The van der Waals surface area contributed by atoms with Gasteiger partial charge in [-0.1, -0.05) is 26.2 Å². The van der Waals surface area contributed by atoms with Gasteiger partial charge in [-0.15, -0.1) is 0 Å². The predicted molar refractivity (Wildman–Crippen MR) is 70.4 cm³/mol. The molecule has 1 aromatic rings. The van der Waals surface area contributed by atoms with Gasteiger partial charge in [0.2, 0.25) is 0 Å². The van der Waals surface area contributed by atoms with Crippen molar-refractivity contribution in [1.82, 2.24) is 0 Å². The van der Waals surface area contributed by atoms with Crippen molar-refractivity contribution in [3.63, 3.8) is 0 Å². The Hall–Kier alpha value is -1.25. The third-order valence-electron chi connectivity index (χ3n) is 3.84. The minimum atomic E-state index is -0.256. The zero-order valence-electron chi connectivity index (χ0n) is 10.4. The Kier molecular flexibility index (Phi) is 3.87. The zero-order valence-corrected chi connectivity index (χ0v) is 10.4. The first kappa shape index (κ1) is 12.2. The molecule has 0 aromatic heterocycles. The van der Waals surface area contributed by atoms with E-state index in [-0.39, 0.29) is 5.82 Å². The van der Waals surface area contributed by atoms with E-state index in [9.17, 15) is 4.39 Å². The minimum absolute atomic E-state index is 0.256. The fourth-order valence-corrected chi connectivity index (χ4v) is 2.61. The molecule has 0 spiro atoms. The third kappa shape index (κ3) is 3.11. The van der Waals surface area contributed by atoms with Gasteiger partial charge in [0, 0.05) is 12.2 Å². The number of nitrogens with one attached hydrogen (secondary N) is 1. The molecule has 0 aliphatic heterocycles. The van der Waals surface area contributed by atoms with E-state index in [2.05, 4.69) is 12.2 Å². The van der Waals surface area contributed by atoms with Crippen LogP contribution in [0.25, 0.3) is 0 Å². The van der Waals surface area contributed by atoms with E-state index in [4.69, 9.17) is 5.73 Å². The third-order valence-corrected chi connectivity index (χ3v) is 3.84. The minimum Gasteiger partial charge on any atom is -0.399 e. The maximum absolute atomic E-state index is 13.6. The van der Waals surface area contributed by atoms with Crippen LogP contribution in [0.4, 0.5) is 15.8 Å². The van der Waals surface area contributed by atoms with Crippen LogP contribution in [0.3, 0.4) is 0 Å². The summed E-state index contributed by atoms with van der Waals surface area (Å²) in [5.41, 5.74) is 6.56. The molecule has 0 amide bonds. The molecule has 3 heteroatoms. The van der Waals surface area contributed by atoms with Gasteiger partial charge in [-0.3, -0.25) is 0 Å². The van der Waals surface area contributed by atoms with Crippen LogP contribution in [-0.4, -0.2) is 6.54 Å². The smallest absolute Gasteiger partial charge is 0.148 e. The molecule has 2 rings (SSSR count). The van der Waals surface area contributed by atoms with Crippen LogP contribution in [0, 0.1) is 17.7 Å². The monoisotopic (exact) mass is 236 g/mol. The molecule has 2 atom stereocenters. The van der Waals surface area contributed by atoms with Crippen molar-refractivity contribution in [3.05, 3.63) is 24.0 Å². The SMILES string of the molecule is CC1CCCCC1CNc1ccc(N)cc1F. The van der Waals surface area contributed by atoms with Gasteiger partial charge in [0.15, 0.2) is 0 Å². The Morgan fingerprint density at radius 3 is 2.82 bits per heavy atom. The molecule has 1 aliphatic rings. The predicted octanol–water partition coefficient (Wildman–Crippen LogP) is 3.65. The molecular weight excluding hydrogens is 215 g/mol. The Labute approximate surface area is 102 Å². The van der Waals surface area contributed by atoms with E-state index in [1.807, 2.05) is 0 Å². The lowest BCUT2D eigenvalue weighted by Crippen LogP contribution is -2.24. The summed E-state index contributed by atoms with van der Waals surface area (Å²) >= 11 is 0. The molecule has 3 N–H and O–H groups in total. The molecule has 1 aliphatic carbocycles. The summed E-state index contributed by atoms with van der Waals surface area (Å²) in [6.45, 7) is 3.16. The van der Waals surface area contributed by atoms with Gasteiger partial charge in [-0.2, -0.15) is 0 Å². The molecule has 17 heavy (non-hydrogen) atoms. The summed E-state index contributed by atoms with van der Waals surface area (Å²) < 4.78 is 13.6. The van der Waals surface area contributed by atoms with Crippen molar-refractivity contribution < 1.29 is 4.39 Å². The molecule has 1 aromatic carbocycles. The summed E-state index contributed by atoms with van der Waals surface area (Å²) in [7, 11) is 0. The molecule has 0 heterocycles. The Balaban J connectivity index is 1.92. The van der Waals surface area contributed by atoms with Gasteiger partial charge >= 0.3 is 0 Å². The Morgan fingerprint density at radius 1 is 1.35 bits per heavy atom. The van der Waals surface area contributed by atoms with Gasteiger partial charge < -0.3 is 11.1 Å². The number of hydrogen-bond acceptors (Lipinski definition) is 2. The first-order valence-corrected chi connectivity index (χ1v) is 6.45. The normalized spacial score (nSPS) is 24.6. The molecule has 0 bridgehead atoms. The topological polar surface area (TPSA) is 38.0 Å². The lowest BCUT2D eigenvalue weighted by atomic mass is 9.80. The van der Waals surface area contributed by atoms with Gasteiger partial charge in [0.05, 0.1) is 5.69 Å². The highest BCUT2D eigenvalue weighted by Gasteiger charge is 2.21. The van der Waals surface area contributed by atoms with Crippen molar-refractivity contribution in [1.29, 1.82) is 0 Å². The molecular formula is C14H21FN2. The Bertz CT molecular complexity index is 378. The second-order valence-corrected chi connectivity index (χ2v) is 5.14. The maximum Gasteiger partial charge on any atom is 0.148 e. The molecule has 2 nitrogen and oxygen atoms in total. The van der Waals surface area contributed by atoms with Crippen molar-refractivity contribution in [2.75, 3.05) is 17.6 Å². The number of halogens is 1. The quantitative estimate of drug-likeness (QED) is 0.786. The van der Waals surface area contributed by atoms with Crippen molar-refractivity contribution >= 4 is 11.4 Å². The fraction of sp³-hybridized carbons (Fsp3) is 0.571. The van der Waals surface area contributed by atoms with Crippen LogP contribution in [0.2, 0.25) is 0 Å². The maximum atomic E-state index is 13.6. The van der Waals surface area contributed by atoms with E-state index < -0.39 is 0 Å². The number of anilines is 2. The molecule has 1 fully saturated rings. The highest BCUT2D eigenvalue weighted by Crippen LogP contribution is 2.30. The first-order chi connectivity index (χ1) is 8.16. The average Bonchev–Trinajstić information content (AvgIpc) is 2.30. The number of rotatable bonds is 3. The number of benzene rings is 1. The van der Waals surface area contributed by atoms with Crippen molar-refractivity contribution in [2.45, 2.75) is 32.6 Å². The molecule has 2 unspecified atom stereocenters. The summed E-state index contributed by atoms with van der Waals surface area (Å²) in [5.74, 6) is 1.15. The van der Waals surface area contributed by atoms with Gasteiger partial charge in [-0.05, 0) is 36.5 Å². The van der Waals surface area contributed by atoms with Gasteiger partial charge in [0.25, 0.3) is 0 Å². The van der Waals surface area contributed by atoms with Crippen LogP contribution < -0.4 is 11.1 Å². The summed E-state index contributed by atoms with van der Waals surface area (Å²) in [4.78, 5) is 0. The zero-order chi connectivity index (χ0) is 12.3. The lowest BCUT2D eigenvalue weighted by Gasteiger charge is -2.29. The van der Waals surface area contributed by atoms with E-state index in [1.54, 1.807) is 12.1 Å². The fourth-order valence-electron chi connectivity index (χ4n) is 2.61. The summed E-state index contributed by atoms with van der Waals surface area (Å²) in [5, 5.41) is 3.21. The van der Waals surface area contributed by atoms with Crippen LogP contribution in [0.1, 0.15) is 32.6 Å². The number of nitrogen functional groups attached to an aromatic ring is 1. The Morgan fingerprint density at radius 2 is 2.12 bits per heavy atom. The highest BCUT2D eigenvalue weighted by molar-refractivity contribution is 5.52. The highest BCUT2D eigenvalue weighted by atomic mass is 19.1. The standard InChI is InChI=1S/C14H21FN2/c1-10-4-2-3-5-11(10)9-17-14-7-6-12(16)8-13(14)15/h6-8,10-11,17H,2-5,9,16H2,1H3. The van der Waals surface area contributed by atoms with Crippen LogP contribution in [0.15, 0.2) is 18.2 Å². The van der Waals surface area contributed by atoms with Crippen molar-refractivity contribution in [2.24, 2.45) is 11.8 Å². The molecule has 1 saturated carbocycles. The van der Waals surface area contributed by atoms with Gasteiger partial charge in [0.1, 0.15) is 5.82 Å². The van der Waals surface area contributed by atoms with Crippen molar-refractivity contribution in [3.8, 4) is 0 Å². The van der Waals surface area contributed by atoms with E-state index in [0.717, 1.165) is 12.5 Å². The largest absolute Gasteiger partial charge is 0.399 e. The first-order valence-electron chi connectivity index (χ1n) is 6.45. The molecule has 94 valence electrons. The van der Waals surface area contributed by atoms with Crippen LogP contribution >= 0.6 is 0 Å². The van der Waals surface area contributed by atoms with Crippen LogP contribution in [0.5, 0.6) is 0 Å². The van der Waals surface area contributed by atoms with E-state index in [0.29, 0.717) is 17.3 Å². The molecule has 0 saturated heterocycles. The summed E-state index contributed by atoms with van der Waals surface area (Å²) in [6, 6.07) is 4.82. The number of nitrogens with two attached hydrogens (primary N) is 1. The molecule has 0 radical (unpaired) electrons. The second kappa shape index (κ2) is 5.39. The van der Waals surface area contributed by atoms with E-state index >= 15 is 0 Å². The second-order valence-electron chi connectivity index (χ2n) is 5.14.